The van der Waals surface area contributed by atoms with Crippen LogP contribution in [-0.4, -0.2) is 31.3 Å². The number of hydrogen-bond acceptors (Lipinski definition) is 4. The first-order valence-electron chi connectivity index (χ1n) is 7.01. The van der Waals surface area contributed by atoms with E-state index >= 15 is 0 Å². The van der Waals surface area contributed by atoms with Gasteiger partial charge in [-0.2, -0.15) is 5.10 Å². The largest absolute Gasteiger partial charge is 0.477 e. The van der Waals surface area contributed by atoms with Gasteiger partial charge in [0.05, 0.1) is 23.5 Å². The SMILES string of the molecule is CCN(c1ccccc1Cl)S(=O)(=O)c1cnn2c1OCCC2. The zero-order chi connectivity index (χ0) is 15.7. The first-order chi connectivity index (χ1) is 10.6. The average molecular weight is 342 g/mol. The summed E-state index contributed by atoms with van der Waals surface area (Å²) in [5.41, 5.74) is 0.447. The van der Waals surface area contributed by atoms with E-state index in [-0.39, 0.29) is 11.4 Å². The van der Waals surface area contributed by atoms with Gasteiger partial charge in [-0.05, 0) is 19.1 Å². The zero-order valence-electron chi connectivity index (χ0n) is 12.1. The van der Waals surface area contributed by atoms with Gasteiger partial charge in [-0.3, -0.25) is 4.31 Å². The lowest BCUT2D eigenvalue weighted by Gasteiger charge is -2.24. The van der Waals surface area contributed by atoms with Crippen molar-refractivity contribution in [1.29, 1.82) is 0 Å². The Balaban J connectivity index is 2.08. The van der Waals surface area contributed by atoms with E-state index in [4.69, 9.17) is 16.3 Å². The normalized spacial score (nSPS) is 14.3. The Labute approximate surface area is 134 Å². The lowest BCUT2D eigenvalue weighted by molar-refractivity contribution is 0.224. The summed E-state index contributed by atoms with van der Waals surface area (Å²) in [6, 6.07) is 6.86. The number of anilines is 1. The lowest BCUT2D eigenvalue weighted by Crippen LogP contribution is -2.31. The van der Waals surface area contributed by atoms with E-state index in [1.165, 1.54) is 10.5 Å². The van der Waals surface area contributed by atoms with Crippen LogP contribution in [0.2, 0.25) is 5.02 Å². The van der Waals surface area contributed by atoms with Gasteiger partial charge < -0.3 is 4.74 Å². The molecule has 1 aliphatic heterocycles. The van der Waals surface area contributed by atoms with Gasteiger partial charge in [0.1, 0.15) is 0 Å². The van der Waals surface area contributed by atoms with E-state index in [2.05, 4.69) is 5.10 Å². The van der Waals surface area contributed by atoms with Crippen LogP contribution in [0.3, 0.4) is 0 Å². The van der Waals surface area contributed by atoms with Crippen molar-refractivity contribution in [2.24, 2.45) is 0 Å². The number of ether oxygens (including phenoxy) is 1. The summed E-state index contributed by atoms with van der Waals surface area (Å²) in [7, 11) is -3.78. The van der Waals surface area contributed by atoms with Crippen molar-refractivity contribution in [3.05, 3.63) is 35.5 Å². The van der Waals surface area contributed by atoms with Crippen LogP contribution >= 0.6 is 11.6 Å². The molecule has 1 aliphatic rings. The van der Waals surface area contributed by atoms with Crippen molar-refractivity contribution < 1.29 is 13.2 Å². The average Bonchev–Trinajstić information content (AvgIpc) is 2.94. The number of para-hydroxylation sites is 1. The molecule has 0 bridgehead atoms. The highest BCUT2D eigenvalue weighted by Crippen LogP contribution is 2.34. The predicted molar refractivity (Wildman–Crippen MR) is 84.0 cm³/mol. The van der Waals surface area contributed by atoms with E-state index in [9.17, 15) is 8.42 Å². The fraction of sp³-hybridized carbons (Fsp3) is 0.357. The van der Waals surface area contributed by atoms with Crippen molar-refractivity contribution in [2.75, 3.05) is 17.5 Å². The monoisotopic (exact) mass is 341 g/mol. The van der Waals surface area contributed by atoms with Gasteiger partial charge in [0.25, 0.3) is 10.0 Å². The number of rotatable bonds is 4. The quantitative estimate of drug-likeness (QED) is 0.857. The summed E-state index contributed by atoms with van der Waals surface area (Å²) in [6.45, 7) is 3.17. The van der Waals surface area contributed by atoms with E-state index in [0.717, 1.165) is 6.42 Å². The molecule has 2 heterocycles. The van der Waals surface area contributed by atoms with Crippen molar-refractivity contribution >= 4 is 27.3 Å². The third-order valence-corrected chi connectivity index (χ3v) is 5.68. The topological polar surface area (TPSA) is 64.4 Å². The van der Waals surface area contributed by atoms with Gasteiger partial charge in [-0.1, -0.05) is 23.7 Å². The van der Waals surface area contributed by atoms with Crippen LogP contribution in [0.1, 0.15) is 13.3 Å². The second-order valence-electron chi connectivity index (χ2n) is 4.86. The molecule has 1 aromatic heterocycles. The van der Waals surface area contributed by atoms with Gasteiger partial charge >= 0.3 is 0 Å². The molecule has 22 heavy (non-hydrogen) atoms. The van der Waals surface area contributed by atoms with Crippen LogP contribution < -0.4 is 9.04 Å². The van der Waals surface area contributed by atoms with E-state index < -0.39 is 10.0 Å². The van der Waals surface area contributed by atoms with Crippen LogP contribution in [0.4, 0.5) is 5.69 Å². The maximum Gasteiger partial charge on any atom is 0.271 e. The second-order valence-corrected chi connectivity index (χ2v) is 7.10. The summed E-state index contributed by atoms with van der Waals surface area (Å²) in [6.07, 6.45) is 2.16. The highest BCUT2D eigenvalue weighted by molar-refractivity contribution is 7.93. The Bertz CT molecular complexity index is 788. The standard InChI is InChI=1S/C14H16ClN3O3S/c1-2-18(12-7-4-3-6-11(12)15)22(19,20)13-10-16-17-8-5-9-21-14(13)17/h3-4,6-7,10H,2,5,8-9H2,1H3. The Morgan fingerprint density at radius 2 is 2.18 bits per heavy atom. The molecule has 6 nitrogen and oxygen atoms in total. The van der Waals surface area contributed by atoms with Crippen molar-refractivity contribution in [2.45, 2.75) is 24.8 Å². The van der Waals surface area contributed by atoms with Crippen LogP contribution in [0.5, 0.6) is 5.88 Å². The van der Waals surface area contributed by atoms with Crippen molar-refractivity contribution in [3.8, 4) is 5.88 Å². The zero-order valence-corrected chi connectivity index (χ0v) is 13.6. The number of nitrogens with zero attached hydrogens (tertiary/aromatic N) is 3. The van der Waals surface area contributed by atoms with Gasteiger partial charge in [0.15, 0.2) is 4.90 Å². The second kappa shape index (κ2) is 5.81. The number of aryl methyl sites for hydroxylation is 1. The number of hydrogen-bond donors (Lipinski definition) is 0. The first-order valence-corrected chi connectivity index (χ1v) is 8.83. The van der Waals surface area contributed by atoms with Gasteiger partial charge in [-0.15, -0.1) is 0 Å². The fourth-order valence-corrected chi connectivity index (χ4v) is 4.31. The third kappa shape index (κ3) is 2.44. The van der Waals surface area contributed by atoms with E-state index in [1.54, 1.807) is 35.9 Å². The molecule has 0 fully saturated rings. The van der Waals surface area contributed by atoms with Crippen molar-refractivity contribution in [3.63, 3.8) is 0 Å². The number of benzene rings is 1. The summed E-state index contributed by atoms with van der Waals surface area (Å²) < 4.78 is 34.3. The van der Waals surface area contributed by atoms with Crippen LogP contribution in [0.15, 0.2) is 35.4 Å². The molecular weight excluding hydrogens is 326 g/mol. The molecule has 8 heteroatoms. The number of fused-ring (bicyclic) bond motifs is 1. The smallest absolute Gasteiger partial charge is 0.271 e. The van der Waals surface area contributed by atoms with E-state index in [0.29, 0.717) is 29.7 Å². The maximum absolute atomic E-state index is 13.0. The van der Waals surface area contributed by atoms with Crippen LogP contribution in [0.25, 0.3) is 0 Å². The maximum atomic E-state index is 13.0. The molecule has 0 aliphatic carbocycles. The molecule has 0 saturated carbocycles. The molecule has 1 aromatic carbocycles. The van der Waals surface area contributed by atoms with Gasteiger partial charge in [0.2, 0.25) is 5.88 Å². The summed E-state index contributed by atoms with van der Waals surface area (Å²) >= 11 is 6.15. The molecular formula is C14H16ClN3O3S. The Morgan fingerprint density at radius 3 is 2.91 bits per heavy atom. The van der Waals surface area contributed by atoms with Gasteiger partial charge in [-0.25, -0.2) is 13.1 Å². The minimum Gasteiger partial charge on any atom is -0.477 e. The molecule has 0 saturated heterocycles. The first kappa shape index (κ1) is 15.2. The van der Waals surface area contributed by atoms with Gasteiger partial charge in [0, 0.05) is 19.5 Å². The molecule has 2 aromatic rings. The lowest BCUT2D eigenvalue weighted by atomic mass is 10.3. The molecule has 0 radical (unpaired) electrons. The number of aromatic nitrogens is 2. The molecule has 118 valence electrons. The van der Waals surface area contributed by atoms with E-state index in [1.807, 2.05) is 0 Å². The molecule has 0 spiro atoms. The van der Waals surface area contributed by atoms with Crippen LogP contribution in [0, 0.1) is 0 Å². The Kier molecular flexibility index (Phi) is 4.01. The third-order valence-electron chi connectivity index (χ3n) is 3.49. The minimum atomic E-state index is -3.78. The molecule has 0 atom stereocenters. The highest BCUT2D eigenvalue weighted by Gasteiger charge is 2.32. The Morgan fingerprint density at radius 1 is 1.41 bits per heavy atom. The fourth-order valence-electron chi connectivity index (χ4n) is 2.46. The summed E-state index contributed by atoms with van der Waals surface area (Å²) in [5.74, 6) is 0.303. The summed E-state index contributed by atoms with van der Waals surface area (Å²) in [5, 5.41) is 4.49. The predicted octanol–water partition coefficient (Wildman–Crippen LogP) is 2.53. The summed E-state index contributed by atoms with van der Waals surface area (Å²) in [4.78, 5) is 0.0777. The Hall–Kier alpha value is -1.73. The molecule has 3 rings (SSSR count). The molecule has 0 N–H and O–H groups in total. The van der Waals surface area contributed by atoms with Crippen molar-refractivity contribution in [1.82, 2.24) is 9.78 Å². The number of sulfonamides is 1. The molecule has 0 amide bonds. The molecule has 0 unspecified atom stereocenters. The number of halogens is 1. The van der Waals surface area contributed by atoms with Crippen LogP contribution in [-0.2, 0) is 16.6 Å². The highest BCUT2D eigenvalue weighted by atomic mass is 35.5. The minimum absolute atomic E-state index is 0.0777.